The van der Waals surface area contributed by atoms with Crippen LogP contribution in [0.15, 0.2) is 36.4 Å². The number of amides is 4. The molecular weight excluding hydrogens is 372 g/mol. The van der Waals surface area contributed by atoms with Gasteiger partial charge in [0.15, 0.2) is 0 Å². The number of hydrazine groups is 1. The lowest BCUT2D eigenvalue weighted by Crippen LogP contribution is -2.45. The Bertz CT molecular complexity index is 846. The standard InChI is InChI=1S/C21H26N4O4/c1-21(2,3)23-17(26)12-22-18(27)13-7-6-8-14(11-13)24-25-19(28)15-9-4-5-10-16(15)20(25)29/h4-8,11,15-16,24H,9-10,12H2,1-3H3,(H,22,27)(H,23,26)/t15-,16+. The van der Waals surface area contributed by atoms with E-state index in [0.717, 1.165) is 5.01 Å². The van der Waals surface area contributed by atoms with E-state index in [-0.39, 0.29) is 41.6 Å². The smallest absolute Gasteiger partial charge is 0.252 e. The lowest BCUT2D eigenvalue weighted by atomic mass is 9.85. The van der Waals surface area contributed by atoms with Gasteiger partial charge in [0.25, 0.3) is 17.7 Å². The van der Waals surface area contributed by atoms with E-state index in [2.05, 4.69) is 16.1 Å². The quantitative estimate of drug-likeness (QED) is 0.516. The largest absolute Gasteiger partial charge is 0.350 e. The van der Waals surface area contributed by atoms with Crippen molar-refractivity contribution in [3.05, 3.63) is 42.0 Å². The number of benzene rings is 1. The highest BCUT2D eigenvalue weighted by Gasteiger charge is 2.47. The van der Waals surface area contributed by atoms with Crippen molar-refractivity contribution in [2.75, 3.05) is 12.0 Å². The number of imide groups is 1. The van der Waals surface area contributed by atoms with Crippen LogP contribution in [0.5, 0.6) is 0 Å². The first-order chi connectivity index (χ1) is 13.7. The van der Waals surface area contributed by atoms with Gasteiger partial charge in [0.1, 0.15) is 0 Å². The molecule has 3 rings (SSSR count). The van der Waals surface area contributed by atoms with Crippen LogP contribution in [0.4, 0.5) is 5.69 Å². The Morgan fingerprint density at radius 2 is 1.69 bits per heavy atom. The first-order valence-corrected chi connectivity index (χ1v) is 9.64. The van der Waals surface area contributed by atoms with E-state index in [9.17, 15) is 19.2 Å². The number of rotatable bonds is 5. The zero-order valence-corrected chi connectivity index (χ0v) is 16.8. The van der Waals surface area contributed by atoms with Crippen molar-refractivity contribution in [2.24, 2.45) is 11.8 Å². The molecule has 3 N–H and O–H groups in total. The van der Waals surface area contributed by atoms with E-state index in [1.165, 1.54) is 6.07 Å². The van der Waals surface area contributed by atoms with Gasteiger partial charge in [-0.25, -0.2) is 0 Å². The van der Waals surface area contributed by atoms with Crippen LogP contribution in [0.2, 0.25) is 0 Å². The van der Waals surface area contributed by atoms with Crippen molar-refractivity contribution >= 4 is 29.3 Å². The van der Waals surface area contributed by atoms with Crippen molar-refractivity contribution in [1.29, 1.82) is 0 Å². The summed E-state index contributed by atoms with van der Waals surface area (Å²) in [4.78, 5) is 49.3. The number of anilines is 1. The fourth-order valence-corrected chi connectivity index (χ4v) is 3.49. The summed E-state index contributed by atoms with van der Waals surface area (Å²) in [5.74, 6) is -1.86. The predicted molar refractivity (Wildman–Crippen MR) is 108 cm³/mol. The van der Waals surface area contributed by atoms with Gasteiger partial charge in [0.05, 0.1) is 24.1 Å². The average molecular weight is 398 g/mol. The Morgan fingerprint density at radius 1 is 1.07 bits per heavy atom. The number of hydrogen-bond acceptors (Lipinski definition) is 5. The second kappa shape index (κ2) is 8.06. The number of nitrogens with zero attached hydrogens (tertiary/aromatic N) is 1. The molecule has 4 amide bonds. The second-order valence-corrected chi connectivity index (χ2v) is 8.34. The molecule has 29 heavy (non-hydrogen) atoms. The molecule has 1 fully saturated rings. The third kappa shape index (κ3) is 4.82. The van der Waals surface area contributed by atoms with Crippen LogP contribution in [0.1, 0.15) is 44.0 Å². The number of nitrogens with one attached hydrogen (secondary N) is 3. The molecule has 8 nitrogen and oxygen atoms in total. The summed E-state index contributed by atoms with van der Waals surface area (Å²) >= 11 is 0. The molecule has 0 aromatic heterocycles. The maximum Gasteiger partial charge on any atom is 0.252 e. The van der Waals surface area contributed by atoms with Crippen molar-refractivity contribution in [2.45, 2.75) is 39.2 Å². The van der Waals surface area contributed by atoms with Crippen LogP contribution in [-0.2, 0) is 14.4 Å². The van der Waals surface area contributed by atoms with E-state index in [0.29, 0.717) is 24.1 Å². The molecule has 1 heterocycles. The van der Waals surface area contributed by atoms with Crippen LogP contribution < -0.4 is 16.1 Å². The van der Waals surface area contributed by atoms with Gasteiger partial charge in [-0.05, 0) is 51.8 Å². The molecule has 1 aliphatic carbocycles. The summed E-state index contributed by atoms with van der Waals surface area (Å²) in [5, 5.41) is 6.38. The van der Waals surface area contributed by atoms with Crippen molar-refractivity contribution < 1.29 is 19.2 Å². The van der Waals surface area contributed by atoms with Crippen LogP contribution in [0.25, 0.3) is 0 Å². The van der Waals surface area contributed by atoms with Crippen LogP contribution in [0.3, 0.4) is 0 Å². The molecule has 1 saturated heterocycles. The Balaban J connectivity index is 1.62. The Hall–Kier alpha value is -3.16. The van der Waals surface area contributed by atoms with E-state index in [1.54, 1.807) is 18.2 Å². The molecule has 2 atom stereocenters. The number of allylic oxidation sites excluding steroid dienone is 2. The topological polar surface area (TPSA) is 108 Å². The zero-order chi connectivity index (χ0) is 21.2. The van der Waals surface area contributed by atoms with Crippen molar-refractivity contribution in [1.82, 2.24) is 15.6 Å². The lowest BCUT2D eigenvalue weighted by Gasteiger charge is -2.20. The monoisotopic (exact) mass is 398 g/mol. The second-order valence-electron chi connectivity index (χ2n) is 8.34. The van der Waals surface area contributed by atoms with Crippen LogP contribution in [0, 0.1) is 11.8 Å². The first kappa shape index (κ1) is 20.6. The van der Waals surface area contributed by atoms with Gasteiger partial charge < -0.3 is 10.6 Å². The maximum atomic E-state index is 12.5. The molecule has 0 bridgehead atoms. The normalized spacial score (nSPS) is 21.0. The van der Waals surface area contributed by atoms with Gasteiger partial charge in [-0.2, -0.15) is 5.01 Å². The zero-order valence-electron chi connectivity index (χ0n) is 16.8. The molecular formula is C21H26N4O4. The van der Waals surface area contributed by atoms with Gasteiger partial charge in [-0.3, -0.25) is 24.6 Å². The van der Waals surface area contributed by atoms with E-state index in [4.69, 9.17) is 0 Å². The third-order valence-electron chi connectivity index (χ3n) is 4.80. The van der Waals surface area contributed by atoms with Gasteiger partial charge in [0.2, 0.25) is 5.91 Å². The number of carbonyl (C=O) groups excluding carboxylic acids is 4. The highest BCUT2D eigenvalue weighted by atomic mass is 16.2. The molecule has 0 unspecified atom stereocenters. The predicted octanol–water partition coefficient (Wildman–Crippen LogP) is 1.61. The molecule has 0 radical (unpaired) electrons. The summed E-state index contributed by atoms with van der Waals surface area (Å²) in [6.07, 6.45) is 4.98. The third-order valence-corrected chi connectivity index (χ3v) is 4.80. The fourth-order valence-electron chi connectivity index (χ4n) is 3.49. The fraction of sp³-hybridized carbons (Fsp3) is 0.429. The molecule has 0 saturated carbocycles. The minimum atomic E-state index is -0.422. The molecule has 154 valence electrons. The lowest BCUT2D eigenvalue weighted by molar-refractivity contribution is -0.138. The molecule has 2 aliphatic rings. The Kier molecular flexibility index (Phi) is 5.72. The minimum absolute atomic E-state index is 0.146. The Morgan fingerprint density at radius 3 is 2.28 bits per heavy atom. The maximum absolute atomic E-state index is 12.5. The van der Waals surface area contributed by atoms with Crippen molar-refractivity contribution in [3.8, 4) is 0 Å². The summed E-state index contributed by atoms with van der Waals surface area (Å²) < 4.78 is 0. The van der Waals surface area contributed by atoms with E-state index < -0.39 is 5.91 Å². The summed E-state index contributed by atoms with van der Waals surface area (Å²) in [6.45, 7) is 5.42. The Labute approximate surface area is 169 Å². The SMILES string of the molecule is CC(C)(C)NC(=O)CNC(=O)c1cccc(NN2C(=O)[C@H]3CC=CC[C@H]3C2=O)c1. The highest BCUT2D eigenvalue weighted by Crippen LogP contribution is 2.35. The number of fused-ring (bicyclic) bond motifs is 1. The molecule has 8 heteroatoms. The number of carbonyl (C=O) groups is 4. The molecule has 1 aromatic rings. The van der Waals surface area contributed by atoms with Gasteiger partial charge in [-0.15, -0.1) is 0 Å². The van der Waals surface area contributed by atoms with Gasteiger partial charge in [-0.1, -0.05) is 18.2 Å². The number of hydrogen-bond donors (Lipinski definition) is 3. The highest BCUT2D eigenvalue weighted by molar-refractivity contribution is 6.06. The molecule has 1 aromatic carbocycles. The van der Waals surface area contributed by atoms with E-state index >= 15 is 0 Å². The van der Waals surface area contributed by atoms with Gasteiger partial charge in [0, 0.05) is 11.1 Å². The van der Waals surface area contributed by atoms with Gasteiger partial charge >= 0.3 is 0 Å². The van der Waals surface area contributed by atoms with Crippen LogP contribution in [-0.4, -0.2) is 40.7 Å². The summed E-state index contributed by atoms with van der Waals surface area (Å²) in [5.41, 5.74) is 3.22. The summed E-state index contributed by atoms with van der Waals surface area (Å²) in [6, 6.07) is 6.45. The van der Waals surface area contributed by atoms with Crippen LogP contribution >= 0.6 is 0 Å². The molecule has 0 spiro atoms. The van der Waals surface area contributed by atoms with E-state index in [1.807, 2.05) is 32.9 Å². The van der Waals surface area contributed by atoms with Crippen molar-refractivity contribution in [3.63, 3.8) is 0 Å². The summed E-state index contributed by atoms with van der Waals surface area (Å²) in [7, 11) is 0. The minimum Gasteiger partial charge on any atom is -0.350 e. The first-order valence-electron chi connectivity index (χ1n) is 9.64. The average Bonchev–Trinajstić information content (AvgIpc) is 2.90. The molecule has 1 aliphatic heterocycles.